The van der Waals surface area contributed by atoms with Crippen LogP contribution in [0.2, 0.25) is 0 Å². The number of methoxy groups -OCH3 is 1. The quantitative estimate of drug-likeness (QED) is 0.300. The van der Waals surface area contributed by atoms with Crippen LogP contribution in [0.4, 0.5) is 0 Å². The van der Waals surface area contributed by atoms with E-state index in [4.69, 9.17) is 18.9 Å². The molecule has 1 aliphatic heterocycles. The fourth-order valence-corrected chi connectivity index (χ4v) is 3.15. The largest absolute Gasteiger partial charge is 0.497 e. The van der Waals surface area contributed by atoms with Crippen molar-refractivity contribution in [1.29, 1.82) is 0 Å². The van der Waals surface area contributed by atoms with Crippen LogP contribution in [0.1, 0.15) is 28.4 Å². The van der Waals surface area contributed by atoms with E-state index in [9.17, 15) is 9.59 Å². The molecule has 7 nitrogen and oxygen atoms in total. The molecule has 0 saturated heterocycles. The van der Waals surface area contributed by atoms with Gasteiger partial charge in [-0.05, 0) is 61.0 Å². The fraction of sp³-hybridized carbons (Fsp3) is 0.115. The molecule has 3 aromatic carbocycles. The van der Waals surface area contributed by atoms with Gasteiger partial charge < -0.3 is 18.9 Å². The van der Waals surface area contributed by atoms with E-state index in [0.717, 1.165) is 0 Å². The Morgan fingerprint density at radius 1 is 1.00 bits per heavy atom. The number of carbonyl (C=O) groups is 2. The zero-order valence-corrected chi connectivity index (χ0v) is 18.1. The number of rotatable bonds is 7. The Hall–Kier alpha value is -4.39. The second-order valence-corrected chi connectivity index (χ2v) is 6.96. The van der Waals surface area contributed by atoms with Gasteiger partial charge in [-0.25, -0.2) is 14.6 Å². The molecule has 0 spiro atoms. The number of nitrogens with zero attached hydrogens (tertiary/aromatic N) is 1. The highest BCUT2D eigenvalue weighted by Crippen LogP contribution is 2.31. The van der Waals surface area contributed by atoms with Crippen molar-refractivity contribution < 1.29 is 28.5 Å². The number of esters is 2. The summed E-state index contributed by atoms with van der Waals surface area (Å²) in [7, 11) is 1.56. The second kappa shape index (κ2) is 9.82. The van der Waals surface area contributed by atoms with Crippen molar-refractivity contribution >= 4 is 23.9 Å². The minimum atomic E-state index is -0.564. The van der Waals surface area contributed by atoms with Gasteiger partial charge in [-0.1, -0.05) is 30.3 Å². The van der Waals surface area contributed by atoms with Gasteiger partial charge in [-0.3, -0.25) is 0 Å². The monoisotopic (exact) mass is 443 g/mol. The van der Waals surface area contributed by atoms with Crippen molar-refractivity contribution in [3.05, 3.63) is 95.2 Å². The number of cyclic esters (lactones) is 1. The van der Waals surface area contributed by atoms with Crippen molar-refractivity contribution in [2.75, 3.05) is 13.7 Å². The van der Waals surface area contributed by atoms with Crippen LogP contribution < -0.4 is 14.2 Å². The summed E-state index contributed by atoms with van der Waals surface area (Å²) in [6.07, 6.45) is 1.58. The lowest BCUT2D eigenvalue weighted by molar-refractivity contribution is -0.129. The summed E-state index contributed by atoms with van der Waals surface area (Å²) in [5.74, 6) is 0.427. The molecule has 1 heterocycles. The molecular weight excluding hydrogens is 422 g/mol. The summed E-state index contributed by atoms with van der Waals surface area (Å²) in [6, 6.07) is 20.8. The molecule has 0 bridgehead atoms. The Bertz CT molecular complexity index is 1250. The van der Waals surface area contributed by atoms with Crippen molar-refractivity contribution in [3.8, 4) is 17.2 Å². The maximum atomic E-state index is 12.4. The number of ether oxygens (including phenoxy) is 4. The fourth-order valence-electron chi connectivity index (χ4n) is 3.15. The zero-order chi connectivity index (χ0) is 23.2. The molecular formula is C26H21NO6. The average molecular weight is 443 g/mol. The first-order chi connectivity index (χ1) is 16.1. The van der Waals surface area contributed by atoms with Crippen LogP contribution in [0.25, 0.3) is 6.08 Å². The molecule has 0 unspecified atom stereocenters. The van der Waals surface area contributed by atoms with Crippen LogP contribution in [-0.4, -0.2) is 31.6 Å². The SMILES string of the molecule is CCOc1cc(/C=C2/N=C(c3cccc(OC)c3)OC2=O)ccc1OC(=O)c1ccccc1. The molecule has 0 aromatic heterocycles. The highest BCUT2D eigenvalue weighted by molar-refractivity contribution is 6.13. The Kier molecular flexibility index (Phi) is 6.50. The standard InChI is InChI=1S/C26H21NO6/c1-3-31-23-15-17(12-13-22(23)32-25(28)18-8-5-4-6-9-18)14-21-26(29)33-24(27-21)19-10-7-11-20(16-19)30-2/h4-16H,3H2,1-2H3/b21-14+. The molecule has 3 aromatic rings. The van der Waals surface area contributed by atoms with Gasteiger partial charge in [0.2, 0.25) is 5.90 Å². The lowest BCUT2D eigenvalue weighted by Gasteiger charge is -2.11. The average Bonchev–Trinajstić information content (AvgIpc) is 3.21. The van der Waals surface area contributed by atoms with E-state index in [0.29, 0.717) is 34.8 Å². The summed E-state index contributed by atoms with van der Waals surface area (Å²) >= 11 is 0. The molecule has 0 atom stereocenters. The van der Waals surface area contributed by atoms with Crippen molar-refractivity contribution in [3.63, 3.8) is 0 Å². The Labute approximate surface area is 190 Å². The predicted molar refractivity (Wildman–Crippen MR) is 123 cm³/mol. The van der Waals surface area contributed by atoms with E-state index < -0.39 is 11.9 Å². The highest BCUT2D eigenvalue weighted by Gasteiger charge is 2.24. The summed E-state index contributed by atoms with van der Waals surface area (Å²) < 4.78 is 21.7. The predicted octanol–water partition coefficient (Wildman–Crippen LogP) is 4.66. The van der Waals surface area contributed by atoms with E-state index in [1.165, 1.54) is 0 Å². The van der Waals surface area contributed by atoms with Gasteiger partial charge in [0.05, 0.1) is 19.3 Å². The number of carbonyl (C=O) groups excluding carboxylic acids is 2. The van der Waals surface area contributed by atoms with E-state index in [2.05, 4.69) is 4.99 Å². The van der Waals surface area contributed by atoms with Crippen LogP contribution in [0, 0.1) is 0 Å². The normalized spacial score (nSPS) is 13.9. The molecule has 0 N–H and O–H groups in total. The van der Waals surface area contributed by atoms with Crippen molar-refractivity contribution in [2.24, 2.45) is 4.99 Å². The lowest BCUT2D eigenvalue weighted by atomic mass is 10.1. The van der Waals surface area contributed by atoms with E-state index in [1.807, 2.05) is 13.0 Å². The van der Waals surface area contributed by atoms with Gasteiger partial charge in [0.15, 0.2) is 17.2 Å². The van der Waals surface area contributed by atoms with Gasteiger partial charge in [-0.2, -0.15) is 0 Å². The van der Waals surface area contributed by atoms with E-state index >= 15 is 0 Å². The number of hydrogen-bond donors (Lipinski definition) is 0. The van der Waals surface area contributed by atoms with Crippen LogP contribution in [0.3, 0.4) is 0 Å². The van der Waals surface area contributed by atoms with Crippen LogP contribution in [-0.2, 0) is 9.53 Å². The molecule has 166 valence electrons. The van der Waals surface area contributed by atoms with Crippen LogP contribution in [0.15, 0.2) is 83.5 Å². The number of hydrogen-bond acceptors (Lipinski definition) is 7. The Balaban J connectivity index is 1.59. The summed E-state index contributed by atoms with van der Waals surface area (Å²) in [5.41, 5.74) is 1.84. The molecule has 0 aliphatic carbocycles. The van der Waals surface area contributed by atoms with Gasteiger partial charge in [0.1, 0.15) is 5.75 Å². The van der Waals surface area contributed by atoms with Gasteiger partial charge >= 0.3 is 11.9 Å². The van der Waals surface area contributed by atoms with Crippen LogP contribution >= 0.6 is 0 Å². The minimum Gasteiger partial charge on any atom is -0.497 e. The summed E-state index contributed by atoms with van der Waals surface area (Å²) in [5, 5.41) is 0. The number of benzene rings is 3. The topological polar surface area (TPSA) is 83.4 Å². The highest BCUT2D eigenvalue weighted by atomic mass is 16.6. The maximum absolute atomic E-state index is 12.4. The first-order valence-electron chi connectivity index (χ1n) is 10.3. The molecule has 7 heteroatoms. The zero-order valence-electron chi connectivity index (χ0n) is 18.1. The minimum absolute atomic E-state index is 0.143. The second-order valence-electron chi connectivity index (χ2n) is 6.96. The maximum Gasteiger partial charge on any atom is 0.363 e. The molecule has 0 fully saturated rings. The lowest BCUT2D eigenvalue weighted by Crippen LogP contribution is -2.09. The number of aliphatic imine (C=N–C) groups is 1. The van der Waals surface area contributed by atoms with Gasteiger partial charge in [-0.15, -0.1) is 0 Å². The third kappa shape index (κ3) is 5.10. The van der Waals surface area contributed by atoms with Crippen molar-refractivity contribution in [1.82, 2.24) is 0 Å². The first-order valence-corrected chi connectivity index (χ1v) is 10.3. The molecule has 1 aliphatic rings. The third-order valence-electron chi connectivity index (χ3n) is 4.72. The summed E-state index contributed by atoms with van der Waals surface area (Å²) in [6.45, 7) is 2.20. The third-order valence-corrected chi connectivity index (χ3v) is 4.72. The van der Waals surface area contributed by atoms with Crippen molar-refractivity contribution in [2.45, 2.75) is 6.92 Å². The first kappa shape index (κ1) is 21.8. The Morgan fingerprint density at radius 2 is 1.82 bits per heavy atom. The molecule has 4 rings (SSSR count). The van der Waals surface area contributed by atoms with Crippen LogP contribution in [0.5, 0.6) is 17.2 Å². The smallest absolute Gasteiger partial charge is 0.363 e. The molecule has 0 saturated carbocycles. The summed E-state index contributed by atoms with van der Waals surface area (Å²) in [4.78, 5) is 29.1. The molecule has 33 heavy (non-hydrogen) atoms. The molecule has 0 radical (unpaired) electrons. The van der Waals surface area contributed by atoms with Gasteiger partial charge in [0.25, 0.3) is 0 Å². The van der Waals surface area contributed by atoms with E-state index in [-0.39, 0.29) is 17.3 Å². The Morgan fingerprint density at radius 3 is 2.58 bits per heavy atom. The van der Waals surface area contributed by atoms with E-state index in [1.54, 1.807) is 79.9 Å². The van der Waals surface area contributed by atoms with Gasteiger partial charge in [0, 0.05) is 5.56 Å². The molecule has 0 amide bonds.